The molecule has 2 atom stereocenters. The average molecular weight is 401 g/mol. The van der Waals surface area contributed by atoms with E-state index in [1.165, 1.54) is 17.0 Å². The first kappa shape index (κ1) is 20.5. The monoisotopic (exact) mass is 401 g/mol. The van der Waals surface area contributed by atoms with Crippen molar-refractivity contribution in [1.82, 2.24) is 15.5 Å². The molecule has 29 heavy (non-hydrogen) atoms. The fourth-order valence-electron chi connectivity index (χ4n) is 3.56. The van der Waals surface area contributed by atoms with Gasteiger partial charge in [0.05, 0.1) is 0 Å². The number of fused-ring (bicyclic) bond motifs is 1. The van der Waals surface area contributed by atoms with E-state index in [9.17, 15) is 29.1 Å². The zero-order valence-corrected chi connectivity index (χ0v) is 16.4. The summed E-state index contributed by atoms with van der Waals surface area (Å²) in [5.74, 6) is -3.00. The first-order valence-corrected chi connectivity index (χ1v) is 9.30. The Bertz CT molecular complexity index is 917. The molecule has 1 saturated heterocycles. The molecule has 1 aromatic carbocycles. The average Bonchev–Trinajstić information content (AvgIpc) is 2.94. The Balaban J connectivity index is 1.80. The molecule has 3 N–H and O–H groups in total. The Morgan fingerprint density at radius 1 is 1.24 bits per heavy atom. The maximum Gasteiger partial charge on any atom is 0.326 e. The lowest BCUT2D eigenvalue weighted by molar-refractivity contribution is -0.142. The number of amides is 4. The van der Waals surface area contributed by atoms with Crippen molar-refractivity contribution in [2.75, 3.05) is 0 Å². The number of nitrogens with one attached hydrogen (secondary N) is 2. The number of nitrogens with zero attached hydrogens (tertiary/aromatic N) is 1. The van der Waals surface area contributed by atoms with Crippen molar-refractivity contribution in [1.29, 1.82) is 0 Å². The number of rotatable bonds is 4. The number of aliphatic carboxylic acids is 1. The number of imide groups is 1. The molecule has 0 bridgehead atoms. The van der Waals surface area contributed by atoms with Gasteiger partial charge in [0.15, 0.2) is 0 Å². The van der Waals surface area contributed by atoms with Gasteiger partial charge in [-0.15, -0.1) is 0 Å². The minimum absolute atomic E-state index is 0.160. The molecule has 2 aliphatic heterocycles. The molecule has 0 spiro atoms. The number of carbonyl (C=O) groups is 5. The number of carboxylic acid groups (broad SMARTS) is 1. The fourth-order valence-corrected chi connectivity index (χ4v) is 3.56. The minimum Gasteiger partial charge on any atom is -0.480 e. The molecular formula is C20H23N3O6. The fraction of sp³-hybridized carbons (Fsp3) is 0.450. The molecule has 1 fully saturated rings. The maximum absolute atomic E-state index is 12.8. The van der Waals surface area contributed by atoms with E-state index < -0.39 is 41.2 Å². The summed E-state index contributed by atoms with van der Waals surface area (Å²) < 4.78 is 0. The highest BCUT2D eigenvalue weighted by Gasteiger charge is 2.39. The minimum atomic E-state index is -1.15. The molecule has 2 aliphatic rings. The highest BCUT2D eigenvalue weighted by molar-refractivity contribution is 6.06. The zero-order valence-electron chi connectivity index (χ0n) is 16.4. The molecule has 0 aliphatic carbocycles. The Hall–Kier alpha value is -3.23. The van der Waals surface area contributed by atoms with Gasteiger partial charge in [0.1, 0.15) is 12.1 Å². The van der Waals surface area contributed by atoms with Crippen LogP contribution in [0.2, 0.25) is 0 Å². The standard InChI is InChI=1S/C20H23N3O6/c1-20(2,3)15(19(28)29)22-16(25)10-4-5-11-9-23(18(27)12(11)8-10)13-6-7-14(24)21-17(13)26/h4-5,8,13,15H,6-7,9H2,1-3H3,(H,22,25)(H,28,29)(H,21,24,26)/t13?,15-/m0/s1. The second-order valence-electron chi connectivity index (χ2n) is 8.38. The largest absolute Gasteiger partial charge is 0.480 e. The quantitative estimate of drug-likeness (QED) is 0.636. The summed E-state index contributed by atoms with van der Waals surface area (Å²) in [6.07, 6.45) is 0.414. The summed E-state index contributed by atoms with van der Waals surface area (Å²) in [6, 6.07) is 2.74. The van der Waals surface area contributed by atoms with Gasteiger partial charge in [-0.25, -0.2) is 4.79 Å². The highest BCUT2D eigenvalue weighted by Crippen LogP contribution is 2.28. The van der Waals surface area contributed by atoms with E-state index in [1.54, 1.807) is 26.8 Å². The number of benzene rings is 1. The summed E-state index contributed by atoms with van der Waals surface area (Å²) in [5.41, 5.74) is 0.431. The van der Waals surface area contributed by atoms with Crippen molar-refractivity contribution in [3.05, 3.63) is 34.9 Å². The van der Waals surface area contributed by atoms with Gasteiger partial charge in [0.25, 0.3) is 11.8 Å². The van der Waals surface area contributed by atoms with Crippen LogP contribution in [0, 0.1) is 5.41 Å². The SMILES string of the molecule is CC(C)(C)[C@@H](NC(=O)c1ccc2c(c1)C(=O)N(C1CCC(=O)NC1=O)C2)C(=O)O. The van der Waals surface area contributed by atoms with Crippen LogP contribution >= 0.6 is 0 Å². The Kier molecular flexibility index (Phi) is 5.16. The van der Waals surface area contributed by atoms with E-state index in [-0.39, 0.29) is 30.9 Å². The first-order valence-electron chi connectivity index (χ1n) is 9.30. The third-order valence-electron chi connectivity index (χ3n) is 5.18. The number of hydrogen-bond donors (Lipinski definition) is 3. The number of piperidine rings is 1. The Morgan fingerprint density at radius 2 is 1.93 bits per heavy atom. The van der Waals surface area contributed by atoms with Crippen LogP contribution in [0.3, 0.4) is 0 Å². The van der Waals surface area contributed by atoms with Crippen LogP contribution in [0.5, 0.6) is 0 Å². The lowest BCUT2D eigenvalue weighted by atomic mass is 9.86. The van der Waals surface area contributed by atoms with Crippen molar-refractivity contribution < 1.29 is 29.1 Å². The second-order valence-corrected chi connectivity index (χ2v) is 8.38. The summed E-state index contributed by atoms with van der Waals surface area (Å²) in [6.45, 7) is 5.32. The van der Waals surface area contributed by atoms with Gasteiger partial charge >= 0.3 is 5.97 Å². The number of carboxylic acids is 1. The third-order valence-corrected chi connectivity index (χ3v) is 5.18. The van der Waals surface area contributed by atoms with Gasteiger partial charge in [-0.1, -0.05) is 26.8 Å². The normalized spacial score (nSPS) is 20.2. The summed E-state index contributed by atoms with van der Waals surface area (Å²) in [5, 5.41) is 14.1. The topological polar surface area (TPSA) is 133 Å². The summed E-state index contributed by atoms with van der Waals surface area (Å²) in [4.78, 5) is 61.7. The Morgan fingerprint density at radius 3 is 2.52 bits per heavy atom. The lowest BCUT2D eigenvalue weighted by Crippen LogP contribution is -2.52. The molecular weight excluding hydrogens is 378 g/mol. The molecule has 1 unspecified atom stereocenters. The molecule has 2 heterocycles. The Labute approximate surface area is 167 Å². The van der Waals surface area contributed by atoms with Crippen LogP contribution in [0.1, 0.15) is 59.9 Å². The number of carbonyl (C=O) groups excluding carboxylic acids is 4. The van der Waals surface area contributed by atoms with Gasteiger partial charge in [-0.3, -0.25) is 24.5 Å². The predicted octanol–water partition coefficient (Wildman–Crippen LogP) is 0.677. The van der Waals surface area contributed by atoms with Gasteiger partial charge in [0, 0.05) is 24.1 Å². The summed E-state index contributed by atoms with van der Waals surface area (Å²) in [7, 11) is 0. The van der Waals surface area contributed by atoms with Crippen molar-refractivity contribution in [3.8, 4) is 0 Å². The van der Waals surface area contributed by atoms with E-state index in [1.807, 2.05) is 0 Å². The van der Waals surface area contributed by atoms with Gasteiger partial charge in [-0.2, -0.15) is 0 Å². The van der Waals surface area contributed by atoms with Gasteiger partial charge in [-0.05, 0) is 29.5 Å². The predicted molar refractivity (Wildman–Crippen MR) is 101 cm³/mol. The molecule has 0 saturated carbocycles. The molecule has 9 heteroatoms. The van der Waals surface area contributed by atoms with Crippen molar-refractivity contribution in [2.24, 2.45) is 5.41 Å². The van der Waals surface area contributed by atoms with Crippen LogP contribution < -0.4 is 10.6 Å². The van der Waals surface area contributed by atoms with Crippen LogP contribution in [-0.2, 0) is 20.9 Å². The lowest BCUT2D eigenvalue weighted by Gasteiger charge is -2.29. The van der Waals surface area contributed by atoms with E-state index in [0.717, 1.165) is 0 Å². The first-order chi connectivity index (χ1) is 13.5. The molecule has 0 radical (unpaired) electrons. The van der Waals surface area contributed by atoms with Gasteiger partial charge < -0.3 is 15.3 Å². The van der Waals surface area contributed by atoms with Crippen LogP contribution in [0.15, 0.2) is 18.2 Å². The van der Waals surface area contributed by atoms with Crippen molar-refractivity contribution in [3.63, 3.8) is 0 Å². The van der Waals surface area contributed by atoms with Crippen LogP contribution in [0.25, 0.3) is 0 Å². The molecule has 154 valence electrons. The number of hydrogen-bond acceptors (Lipinski definition) is 5. The molecule has 4 amide bonds. The van der Waals surface area contributed by atoms with Gasteiger partial charge in [0.2, 0.25) is 11.8 Å². The smallest absolute Gasteiger partial charge is 0.326 e. The molecule has 0 aromatic heterocycles. The maximum atomic E-state index is 12.8. The molecule has 3 rings (SSSR count). The van der Waals surface area contributed by atoms with Crippen molar-refractivity contribution >= 4 is 29.6 Å². The molecule has 9 nitrogen and oxygen atoms in total. The summed E-state index contributed by atoms with van der Waals surface area (Å²) >= 11 is 0. The van der Waals surface area contributed by atoms with Crippen LogP contribution in [0.4, 0.5) is 0 Å². The van der Waals surface area contributed by atoms with Crippen molar-refractivity contribution in [2.45, 2.75) is 52.2 Å². The van der Waals surface area contributed by atoms with E-state index >= 15 is 0 Å². The zero-order chi connectivity index (χ0) is 21.5. The second kappa shape index (κ2) is 7.31. The highest BCUT2D eigenvalue weighted by atomic mass is 16.4. The van der Waals surface area contributed by atoms with E-state index in [4.69, 9.17) is 0 Å². The molecule has 1 aromatic rings. The van der Waals surface area contributed by atoms with Crippen LogP contribution in [-0.4, -0.2) is 51.7 Å². The third kappa shape index (κ3) is 3.98. The van der Waals surface area contributed by atoms with E-state index in [0.29, 0.717) is 11.1 Å². The van der Waals surface area contributed by atoms with E-state index in [2.05, 4.69) is 10.6 Å².